The van der Waals surface area contributed by atoms with Crippen LogP contribution in [0.5, 0.6) is 11.5 Å². The number of carbonyl (C=O) groups is 1. The van der Waals surface area contributed by atoms with Crippen LogP contribution in [-0.4, -0.2) is 53.7 Å². The summed E-state index contributed by atoms with van der Waals surface area (Å²) in [7, 11) is 3.16. The Morgan fingerprint density at radius 1 is 1.17 bits per heavy atom. The van der Waals surface area contributed by atoms with Crippen LogP contribution in [0.15, 0.2) is 23.4 Å². The topological polar surface area (TPSA) is 81.5 Å². The molecule has 1 aliphatic carbocycles. The van der Waals surface area contributed by atoms with Crippen LogP contribution in [0.25, 0.3) is 0 Å². The van der Waals surface area contributed by atoms with Crippen LogP contribution in [0.3, 0.4) is 0 Å². The lowest BCUT2D eigenvalue weighted by Crippen LogP contribution is -2.32. The SMILES string of the molecule is COc1ccc(NC(=O)CSc2nnc(N3CCCCC3)n2C2CC2)c(OC)c1. The minimum absolute atomic E-state index is 0.108. The van der Waals surface area contributed by atoms with Gasteiger partial charge in [-0.2, -0.15) is 0 Å². The van der Waals surface area contributed by atoms with Crippen LogP contribution in [0.2, 0.25) is 0 Å². The summed E-state index contributed by atoms with van der Waals surface area (Å²) in [5.74, 6) is 2.36. The van der Waals surface area contributed by atoms with Crippen LogP contribution in [-0.2, 0) is 4.79 Å². The summed E-state index contributed by atoms with van der Waals surface area (Å²) >= 11 is 1.43. The van der Waals surface area contributed by atoms with Crippen LogP contribution < -0.4 is 19.7 Å². The molecule has 0 spiro atoms. The normalized spacial score (nSPS) is 16.6. The van der Waals surface area contributed by atoms with E-state index in [0.717, 1.165) is 37.0 Å². The molecular weight excluding hydrogens is 390 g/mol. The van der Waals surface area contributed by atoms with Gasteiger partial charge in [0.15, 0.2) is 5.16 Å². The van der Waals surface area contributed by atoms with Gasteiger partial charge in [-0.1, -0.05) is 11.8 Å². The van der Waals surface area contributed by atoms with Gasteiger partial charge in [0.1, 0.15) is 11.5 Å². The maximum atomic E-state index is 12.5. The van der Waals surface area contributed by atoms with Crippen molar-refractivity contribution in [3.8, 4) is 11.5 Å². The molecule has 1 aromatic heterocycles. The molecule has 1 saturated carbocycles. The number of benzene rings is 1. The standard InChI is InChI=1S/C20H27N5O3S/c1-27-15-8-9-16(17(12-15)28-2)21-18(26)13-29-20-23-22-19(25(20)14-6-7-14)24-10-4-3-5-11-24/h8-9,12,14H,3-7,10-11,13H2,1-2H3,(H,21,26). The van der Waals surface area contributed by atoms with Crippen molar-refractivity contribution >= 4 is 29.3 Å². The van der Waals surface area contributed by atoms with Gasteiger partial charge in [-0.15, -0.1) is 10.2 Å². The molecule has 29 heavy (non-hydrogen) atoms. The van der Waals surface area contributed by atoms with E-state index in [1.165, 1.54) is 31.0 Å². The molecule has 156 valence electrons. The molecule has 1 saturated heterocycles. The molecule has 0 radical (unpaired) electrons. The molecule has 2 aliphatic rings. The molecule has 1 aromatic carbocycles. The number of piperidine rings is 1. The van der Waals surface area contributed by atoms with E-state index in [0.29, 0.717) is 23.2 Å². The molecule has 2 fully saturated rings. The number of rotatable bonds is 8. The predicted octanol–water partition coefficient (Wildman–Crippen LogP) is 3.35. The number of thioether (sulfide) groups is 1. The Kier molecular flexibility index (Phi) is 6.13. The first-order valence-electron chi connectivity index (χ1n) is 10.0. The van der Waals surface area contributed by atoms with Gasteiger partial charge in [0.05, 0.1) is 25.7 Å². The average molecular weight is 418 g/mol. The van der Waals surface area contributed by atoms with Gasteiger partial charge < -0.3 is 19.7 Å². The number of amides is 1. The lowest BCUT2D eigenvalue weighted by atomic mass is 10.1. The Balaban J connectivity index is 1.41. The maximum Gasteiger partial charge on any atom is 0.234 e. The van der Waals surface area contributed by atoms with Crippen LogP contribution >= 0.6 is 11.8 Å². The highest BCUT2D eigenvalue weighted by Gasteiger charge is 2.32. The Bertz CT molecular complexity index is 862. The second-order valence-corrected chi connectivity index (χ2v) is 8.28. The van der Waals surface area contributed by atoms with E-state index >= 15 is 0 Å². The summed E-state index contributed by atoms with van der Waals surface area (Å²) in [6.45, 7) is 2.07. The highest BCUT2D eigenvalue weighted by atomic mass is 32.2. The highest BCUT2D eigenvalue weighted by Crippen LogP contribution is 2.41. The maximum absolute atomic E-state index is 12.5. The second-order valence-electron chi connectivity index (χ2n) is 7.33. The number of anilines is 2. The van der Waals surface area contributed by atoms with E-state index in [1.54, 1.807) is 32.4 Å². The van der Waals surface area contributed by atoms with Gasteiger partial charge in [0.25, 0.3) is 0 Å². The van der Waals surface area contributed by atoms with E-state index < -0.39 is 0 Å². The highest BCUT2D eigenvalue weighted by molar-refractivity contribution is 7.99. The number of hydrogen-bond donors (Lipinski definition) is 1. The minimum atomic E-state index is -0.108. The van der Waals surface area contributed by atoms with E-state index in [-0.39, 0.29) is 11.7 Å². The van der Waals surface area contributed by atoms with Crippen molar-refractivity contribution in [1.82, 2.24) is 14.8 Å². The third-order valence-electron chi connectivity index (χ3n) is 5.21. The van der Waals surface area contributed by atoms with E-state index in [9.17, 15) is 4.79 Å². The monoisotopic (exact) mass is 417 g/mol. The third-order valence-corrected chi connectivity index (χ3v) is 6.16. The largest absolute Gasteiger partial charge is 0.497 e. The van der Waals surface area contributed by atoms with Crippen molar-refractivity contribution in [2.75, 3.05) is 43.3 Å². The quantitative estimate of drug-likeness (QED) is 0.660. The van der Waals surface area contributed by atoms with Gasteiger partial charge >= 0.3 is 0 Å². The van der Waals surface area contributed by atoms with Crippen LogP contribution in [0.1, 0.15) is 38.1 Å². The predicted molar refractivity (Wildman–Crippen MR) is 113 cm³/mol. The average Bonchev–Trinajstić information content (AvgIpc) is 3.51. The van der Waals surface area contributed by atoms with Gasteiger partial charge in [-0.3, -0.25) is 9.36 Å². The van der Waals surface area contributed by atoms with Crippen molar-refractivity contribution < 1.29 is 14.3 Å². The third kappa shape index (κ3) is 4.60. The van der Waals surface area contributed by atoms with Crippen molar-refractivity contribution in [3.05, 3.63) is 18.2 Å². The fraction of sp³-hybridized carbons (Fsp3) is 0.550. The lowest BCUT2D eigenvalue weighted by Gasteiger charge is -2.27. The second kappa shape index (κ2) is 8.94. The number of nitrogens with one attached hydrogen (secondary N) is 1. The summed E-state index contributed by atoms with van der Waals surface area (Å²) in [6.07, 6.45) is 5.99. The van der Waals surface area contributed by atoms with E-state index in [2.05, 4.69) is 25.0 Å². The zero-order chi connectivity index (χ0) is 20.2. The molecule has 4 rings (SSSR count). The zero-order valence-corrected chi connectivity index (χ0v) is 17.7. The molecule has 9 heteroatoms. The van der Waals surface area contributed by atoms with Crippen molar-refractivity contribution in [1.29, 1.82) is 0 Å². The van der Waals surface area contributed by atoms with Crippen molar-refractivity contribution in [2.24, 2.45) is 0 Å². The molecule has 2 heterocycles. The van der Waals surface area contributed by atoms with E-state index in [1.807, 2.05) is 0 Å². The number of ether oxygens (including phenoxy) is 2. The lowest BCUT2D eigenvalue weighted by molar-refractivity contribution is -0.113. The fourth-order valence-electron chi connectivity index (χ4n) is 3.55. The molecule has 1 aliphatic heterocycles. The molecule has 8 nitrogen and oxygen atoms in total. The number of nitrogens with zero attached hydrogens (tertiary/aromatic N) is 4. The molecule has 0 atom stereocenters. The summed E-state index contributed by atoms with van der Waals surface area (Å²) in [5.41, 5.74) is 0.622. The first-order valence-corrected chi connectivity index (χ1v) is 11.0. The molecular formula is C20H27N5O3S. The minimum Gasteiger partial charge on any atom is -0.497 e. The number of methoxy groups -OCH3 is 2. The molecule has 1 amide bonds. The molecule has 2 aromatic rings. The van der Waals surface area contributed by atoms with Gasteiger partial charge in [-0.05, 0) is 44.2 Å². The Hall–Kier alpha value is -2.42. The van der Waals surface area contributed by atoms with Crippen molar-refractivity contribution in [2.45, 2.75) is 43.3 Å². The zero-order valence-electron chi connectivity index (χ0n) is 16.9. The van der Waals surface area contributed by atoms with Crippen LogP contribution in [0.4, 0.5) is 11.6 Å². The summed E-state index contributed by atoms with van der Waals surface area (Å²) in [6, 6.07) is 5.78. The first kappa shape index (κ1) is 19.9. The number of carbonyl (C=O) groups excluding carboxylic acids is 1. The Morgan fingerprint density at radius 3 is 2.66 bits per heavy atom. The Labute approximate surface area is 175 Å². The van der Waals surface area contributed by atoms with Gasteiger partial charge in [0.2, 0.25) is 11.9 Å². The van der Waals surface area contributed by atoms with Gasteiger partial charge in [0, 0.05) is 25.2 Å². The molecule has 0 bridgehead atoms. The smallest absolute Gasteiger partial charge is 0.234 e. The Morgan fingerprint density at radius 2 is 1.97 bits per heavy atom. The summed E-state index contributed by atoms with van der Waals surface area (Å²) in [4.78, 5) is 14.9. The molecule has 0 unspecified atom stereocenters. The molecule has 1 N–H and O–H groups in total. The van der Waals surface area contributed by atoms with Crippen LogP contribution in [0, 0.1) is 0 Å². The summed E-state index contributed by atoms with van der Waals surface area (Å²) in [5, 5.41) is 12.6. The van der Waals surface area contributed by atoms with E-state index in [4.69, 9.17) is 9.47 Å². The van der Waals surface area contributed by atoms with Crippen molar-refractivity contribution in [3.63, 3.8) is 0 Å². The summed E-state index contributed by atoms with van der Waals surface area (Å²) < 4.78 is 12.8. The number of aromatic nitrogens is 3. The number of hydrogen-bond acceptors (Lipinski definition) is 7. The first-order chi connectivity index (χ1) is 14.2. The fourth-order valence-corrected chi connectivity index (χ4v) is 4.35. The van der Waals surface area contributed by atoms with Gasteiger partial charge in [-0.25, -0.2) is 0 Å².